The third kappa shape index (κ3) is 1.58. The summed E-state index contributed by atoms with van der Waals surface area (Å²) in [6.45, 7) is 4.16. The molecule has 2 aromatic heterocycles. The first-order valence-corrected chi connectivity index (χ1v) is 5.96. The number of amides is 1. The largest absolute Gasteiger partial charge is 0.462 e. The summed E-state index contributed by atoms with van der Waals surface area (Å²) in [5, 5.41) is 6.86. The maximum atomic E-state index is 11.8. The maximum Gasteiger partial charge on any atom is 0.343 e. The normalized spacial score (nSPS) is 13.5. The van der Waals surface area contributed by atoms with E-state index in [1.54, 1.807) is 13.8 Å². The zero-order valence-corrected chi connectivity index (χ0v) is 10.6. The van der Waals surface area contributed by atoms with Gasteiger partial charge in [0.2, 0.25) is 0 Å². The molecule has 0 saturated carbocycles. The predicted molar refractivity (Wildman–Crippen MR) is 64.9 cm³/mol. The zero-order valence-electron chi connectivity index (χ0n) is 10.6. The van der Waals surface area contributed by atoms with Gasteiger partial charge in [0.15, 0.2) is 5.65 Å². The zero-order chi connectivity index (χ0) is 13.6. The lowest BCUT2D eigenvalue weighted by Crippen LogP contribution is -2.13. The highest BCUT2D eigenvalue weighted by Gasteiger charge is 2.27. The molecule has 0 radical (unpaired) electrons. The summed E-state index contributed by atoms with van der Waals surface area (Å²) < 4.78 is 6.48. The molecule has 7 heteroatoms. The highest BCUT2D eigenvalue weighted by Crippen LogP contribution is 2.21. The molecule has 0 saturated heterocycles. The molecule has 0 spiro atoms. The average Bonchev–Trinajstić information content (AvgIpc) is 2.94. The summed E-state index contributed by atoms with van der Waals surface area (Å²) >= 11 is 0. The lowest BCUT2D eigenvalue weighted by molar-refractivity contribution is 0.0528. The Hall–Kier alpha value is -2.44. The van der Waals surface area contributed by atoms with E-state index >= 15 is 0 Å². The Bertz CT molecular complexity index is 705. The number of aromatic nitrogens is 3. The lowest BCUT2D eigenvalue weighted by Gasteiger charge is -2.04. The van der Waals surface area contributed by atoms with E-state index in [1.807, 2.05) is 0 Å². The molecule has 1 aliphatic heterocycles. The number of ether oxygens (including phenoxy) is 1. The third-order valence-corrected chi connectivity index (χ3v) is 3.06. The van der Waals surface area contributed by atoms with Crippen LogP contribution >= 0.6 is 0 Å². The van der Waals surface area contributed by atoms with Gasteiger partial charge in [0.25, 0.3) is 5.91 Å². The fourth-order valence-corrected chi connectivity index (χ4v) is 2.24. The quantitative estimate of drug-likeness (QED) is 0.793. The molecule has 2 aromatic rings. The molecular weight excluding hydrogens is 248 g/mol. The Labute approximate surface area is 108 Å². The van der Waals surface area contributed by atoms with Gasteiger partial charge >= 0.3 is 5.97 Å². The van der Waals surface area contributed by atoms with Gasteiger partial charge < -0.3 is 10.1 Å². The molecule has 1 amide bonds. The van der Waals surface area contributed by atoms with Crippen molar-refractivity contribution < 1.29 is 14.3 Å². The molecule has 7 nitrogen and oxygen atoms in total. The highest BCUT2D eigenvalue weighted by molar-refractivity contribution is 6.00. The maximum absolute atomic E-state index is 11.8. The van der Waals surface area contributed by atoms with Crippen molar-refractivity contribution in [3.63, 3.8) is 0 Å². The molecule has 0 fully saturated rings. The SMILES string of the molecule is CCOC(=O)c1cnn2c3c(c(C)nc12)C(=O)NC3. The van der Waals surface area contributed by atoms with Crippen molar-refractivity contribution in [1.29, 1.82) is 0 Å². The van der Waals surface area contributed by atoms with E-state index in [9.17, 15) is 9.59 Å². The highest BCUT2D eigenvalue weighted by atomic mass is 16.5. The Kier molecular flexibility index (Phi) is 2.48. The smallest absolute Gasteiger partial charge is 0.343 e. The van der Waals surface area contributed by atoms with Crippen LogP contribution in [0.3, 0.4) is 0 Å². The Morgan fingerprint density at radius 1 is 1.58 bits per heavy atom. The van der Waals surface area contributed by atoms with Crippen molar-refractivity contribution in [1.82, 2.24) is 19.9 Å². The van der Waals surface area contributed by atoms with Gasteiger partial charge in [0.05, 0.1) is 36.3 Å². The molecule has 0 atom stereocenters. The van der Waals surface area contributed by atoms with Crippen LogP contribution in [0.5, 0.6) is 0 Å². The first kappa shape index (κ1) is 11.6. The molecule has 1 aliphatic rings. The van der Waals surface area contributed by atoms with Crippen LogP contribution in [0.4, 0.5) is 0 Å². The van der Waals surface area contributed by atoms with E-state index < -0.39 is 5.97 Å². The van der Waals surface area contributed by atoms with Crippen molar-refractivity contribution in [3.05, 3.63) is 28.7 Å². The number of aryl methyl sites for hydroxylation is 1. The average molecular weight is 260 g/mol. The number of nitrogens with zero attached hydrogens (tertiary/aromatic N) is 3. The van der Waals surface area contributed by atoms with Crippen molar-refractivity contribution in [2.45, 2.75) is 20.4 Å². The van der Waals surface area contributed by atoms with Crippen LogP contribution in [0, 0.1) is 6.92 Å². The van der Waals surface area contributed by atoms with Crippen LogP contribution in [0.1, 0.15) is 39.0 Å². The number of rotatable bonds is 2. The fraction of sp³-hybridized carbons (Fsp3) is 0.333. The number of nitrogens with one attached hydrogen (secondary N) is 1. The summed E-state index contributed by atoms with van der Waals surface area (Å²) in [5.41, 5.74) is 2.58. The van der Waals surface area contributed by atoms with Gasteiger partial charge in [-0.05, 0) is 13.8 Å². The van der Waals surface area contributed by atoms with E-state index in [1.165, 1.54) is 10.7 Å². The van der Waals surface area contributed by atoms with Gasteiger partial charge in [-0.15, -0.1) is 0 Å². The van der Waals surface area contributed by atoms with E-state index in [-0.39, 0.29) is 5.91 Å². The predicted octanol–water partition coefficient (Wildman–Crippen LogP) is 0.458. The molecule has 1 N–H and O–H groups in total. The second kappa shape index (κ2) is 4.04. The monoisotopic (exact) mass is 260 g/mol. The van der Waals surface area contributed by atoms with Gasteiger partial charge in [-0.2, -0.15) is 5.10 Å². The summed E-state index contributed by atoms with van der Waals surface area (Å²) in [4.78, 5) is 27.8. The van der Waals surface area contributed by atoms with Gasteiger partial charge in [-0.3, -0.25) is 4.79 Å². The Balaban J connectivity index is 2.24. The van der Waals surface area contributed by atoms with Crippen LogP contribution in [0.25, 0.3) is 5.65 Å². The molecular formula is C12H12N4O3. The minimum Gasteiger partial charge on any atom is -0.462 e. The second-order valence-electron chi connectivity index (χ2n) is 4.22. The van der Waals surface area contributed by atoms with E-state index in [2.05, 4.69) is 15.4 Å². The number of hydrogen-bond acceptors (Lipinski definition) is 5. The number of fused-ring (bicyclic) bond motifs is 3. The fourth-order valence-electron chi connectivity index (χ4n) is 2.24. The Morgan fingerprint density at radius 2 is 2.37 bits per heavy atom. The third-order valence-electron chi connectivity index (χ3n) is 3.06. The van der Waals surface area contributed by atoms with E-state index in [0.29, 0.717) is 35.6 Å². The molecule has 0 unspecified atom stereocenters. The lowest BCUT2D eigenvalue weighted by atomic mass is 10.2. The van der Waals surface area contributed by atoms with Gasteiger partial charge in [-0.1, -0.05) is 0 Å². The summed E-state index contributed by atoms with van der Waals surface area (Å²) in [7, 11) is 0. The van der Waals surface area contributed by atoms with Gasteiger partial charge in [-0.25, -0.2) is 14.3 Å². The summed E-state index contributed by atoms with van der Waals surface area (Å²) in [6.07, 6.45) is 1.42. The number of esters is 1. The molecule has 3 heterocycles. The van der Waals surface area contributed by atoms with Crippen LogP contribution in [-0.2, 0) is 11.3 Å². The van der Waals surface area contributed by atoms with E-state index in [4.69, 9.17) is 4.74 Å². The Morgan fingerprint density at radius 3 is 3.11 bits per heavy atom. The van der Waals surface area contributed by atoms with Crippen LogP contribution in [-0.4, -0.2) is 33.1 Å². The van der Waals surface area contributed by atoms with Gasteiger partial charge in [0.1, 0.15) is 5.56 Å². The molecule has 19 heavy (non-hydrogen) atoms. The molecule has 0 aromatic carbocycles. The first-order valence-electron chi connectivity index (χ1n) is 5.96. The molecule has 0 aliphatic carbocycles. The number of carbonyl (C=O) groups is 2. The van der Waals surface area contributed by atoms with Crippen LogP contribution in [0.2, 0.25) is 0 Å². The molecule has 3 rings (SSSR count). The topological polar surface area (TPSA) is 85.6 Å². The van der Waals surface area contributed by atoms with Crippen molar-refractivity contribution in [2.24, 2.45) is 0 Å². The standard InChI is InChI=1S/C12H12N4O3/c1-3-19-12(18)7-4-14-16-8-5-13-11(17)9(8)6(2)15-10(7)16/h4H,3,5H2,1-2H3,(H,13,17). The minimum absolute atomic E-state index is 0.157. The summed E-state index contributed by atoms with van der Waals surface area (Å²) in [6, 6.07) is 0. The van der Waals surface area contributed by atoms with Crippen molar-refractivity contribution >= 4 is 17.5 Å². The van der Waals surface area contributed by atoms with Crippen molar-refractivity contribution in [2.75, 3.05) is 6.61 Å². The second-order valence-corrected chi connectivity index (χ2v) is 4.22. The van der Waals surface area contributed by atoms with E-state index in [0.717, 1.165) is 5.69 Å². The van der Waals surface area contributed by atoms with Gasteiger partial charge in [0, 0.05) is 0 Å². The van der Waals surface area contributed by atoms with Crippen molar-refractivity contribution in [3.8, 4) is 0 Å². The molecule has 0 bridgehead atoms. The minimum atomic E-state index is -0.457. The summed E-state index contributed by atoms with van der Waals surface area (Å²) in [5.74, 6) is -0.614. The number of carbonyl (C=O) groups excluding carboxylic acids is 2. The molecule has 98 valence electrons. The number of hydrogen-bond donors (Lipinski definition) is 1. The first-order chi connectivity index (χ1) is 9.13. The van der Waals surface area contributed by atoms with Crippen LogP contribution < -0.4 is 5.32 Å². The van der Waals surface area contributed by atoms with Crippen LogP contribution in [0.15, 0.2) is 6.20 Å².